The van der Waals surface area contributed by atoms with Gasteiger partial charge in [0.15, 0.2) is 6.10 Å². The van der Waals surface area contributed by atoms with E-state index in [1.54, 1.807) is 0 Å². The fraction of sp³-hybridized carbons (Fsp3) is 0.133. The molecule has 2 aromatic carbocycles. The lowest BCUT2D eigenvalue weighted by molar-refractivity contribution is -0.274. The lowest BCUT2D eigenvalue weighted by atomic mass is 10.0. The van der Waals surface area contributed by atoms with Gasteiger partial charge in [-0.3, -0.25) is 0 Å². The van der Waals surface area contributed by atoms with Crippen molar-refractivity contribution in [2.75, 3.05) is 0 Å². The first-order chi connectivity index (χ1) is 10.7. The molecule has 2 rings (SSSR count). The molecular formula is C15H10ClF3O4. The Morgan fingerprint density at radius 1 is 1.09 bits per heavy atom. The number of hydrogen-bond donors (Lipinski definition) is 2. The molecule has 0 radical (unpaired) electrons. The van der Waals surface area contributed by atoms with Gasteiger partial charge in [-0.1, -0.05) is 35.9 Å². The Morgan fingerprint density at radius 2 is 1.65 bits per heavy atom. The molecule has 8 heteroatoms. The summed E-state index contributed by atoms with van der Waals surface area (Å²) in [5.74, 6) is -1.79. The summed E-state index contributed by atoms with van der Waals surface area (Å²) in [6.45, 7) is 0. The van der Waals surface area contributed by atoms with Crippen LogP contribution in [0.2, 0.25) is 5.02 Å². The molecule has 1 unspecified atom stereocenters. The molecule has 4 nitrogen and oxygen atoms in total. The van der Waals surface area contributed by atoms with Gasteiger partial charge in [-0.05, 0) is 29.3 Å². The van der Waals surface area contributed by atoms with E-state index in [4.69, 9.17) is 16.7 Å². The van der Waals surface area contributed by atoms with Crippen molar-refractivity contribution in [2.45, 2.75) is 12.5 Å². The molecule has 2 aromatic rings. The average Bonchev–Trinajstić information content (AvgIpc) is 2.45. The zero-order chi connectivity index (χ0) is 17.2. The van der Waals surface area contributed by atoms with E-state index in [0.29, 0.717) is 11.1 Å². The van der Waals surface area contributed by atoms with Gasteiger partial charge >= 0.3 is 12.3 Å². The standard InChI is InChI=1S/C15H10ClF3O4/c16-12-7-9(3-6-11(12)13(20)14(21)22)8-1-4-10(5-2-8)23-15(17,18)19/h1-7,13,20H,(H,21,22). The highest BCUT2D eigenvalue weighted by Gasteiger charge is 2.31. The van der Waals surface area contributed by atoms with Crippen molar-refractivity contribution in [2.24, 2.45) is 0 Å². The van der Waals surface area contributed by atoms with Crippen LogP contribution in [0.1, 0.15) is 11.7 Å². The molecule has 23 heavy (non-hydrogen) atoms. The topological polar surface area (TPSA) is 66.8 Å². The Bertz CT molecular complexity index is 714. The number of benzene rings is 2. The molecular weight excluding hydrogens is 337 g/mol. The summed E-state index contributed by atoms with van der Waals surface area (Å²) in [5, 5.41) is 18.3. The molecule has 2 N–H and O–H groups in total. The Morgan fingerprint density at radius 3 is 2.13 bits per heavy atom. The van der Waals surface area contributed by atoms with Gasteiger partial charge in [-0.25, -0.2) is 4.79 Å². The Balaban J connectivity index is 2.26. The molecule has 0 aliphatic carbocycles. The van der Waals surface area contributed by atoms with Gasteiger partial charge in [0, 0.05) is 10.6 Å². The molecule has 0 bridgehead atoms. The Hall–Kier alpha value is -2.25. The predicted molar refractivity (Wildman–Crippen MR) is 76.2 cm³/mol. The second-order valence-electron chi connectivity index (χ2n) is 4.55. The molecule has 0 spiro atoms. The molecule has 0 saturated carbocycles. The molecule has 0 aliphatic heterocycles. The van der Waals surface area contributed by atoms with Crippen molar-refractivity contribution in [1.82, 2.24) is 0 Å². The number of halogens is 4. The number of carboxylic acids is 1. The fourth-order valence-electron chi connectivity index (χ4n) is 1.91. The van der Waals surface area contributed by atoms with E-state index in [2.05, 4.69) is 4.74 Å². The van der Waals surface area contributed by atoms with Gasteiger partial charge in [0.1, 0.15) is 5.75 Å². The number of carboxylic acid groups (broad SMARTS) is 1. The summed E-state index contributed by atoms with van der Waals surface area (Å²) < 4.78 is 40.0. The van der Waals surface area contributed by atoms with E-state index in [0.717, 1.165) is 12.1 Å². The minimum atomic E-state index is -4.76. The smallest absolute Gasteiger partial charge is 0.479 e. The van der Waals surface area contributed by atoms with Crippen LogP contribution in [0.15, 0.2) is 42.5 Å². The highest BCUT2D eigenvalue weighted by molar-refractivity contribution is 6.31. The van der Waals surface area contributed by atoms with Gasteiger partial charge < -0.3 is 14.9 Å². The normalized spacial score (nSPS) is 12.7. The van der Waals surface area contributed by atoms with Crippen LogP contribution in [-0.4, -0.2) is 22.5 Å². The third-order valence-corrected chi connectivity index (χ3v) is 3.28. The van der Waals surface area contributed by atoms with Gasteiger partial charge in [0.25, 0.3) is 0 Å². The van der Waals surface area contributed by atoms with Crippen LogP contribution in [0.25, 0.3) is 11.1 Å². The lowest BCUT2D eigenvalue weighted by Crippen LogP contribution is -2.16. The quantitative estimate of drug-likeness (QED) is 0.877. The number of aliphatic carboxylic acids is 1. The van der Waals surface area contributed by atoms with Gasteiger partial charge in [-0.15, -0.1) is 13.2 Å². The third-order valence-electron chi connectivity index (χ3n) is 2.95. The number of alkyl halides is 3. The van der Waals surface area contributed by atoms with Crippen molar-refractivity contribution in [3.8, 4) is 16.9 Å². The summed E-state index contributed by atoms with van der Waals surface area (Å²) in [6.07, 6.45) is -6.52. The number of carbonyl (C=O) groups is 1. The summed E-state index contributed by atoms with van der Waals surface area (Å²) in [6, 6.07) is 9.37. The van der Waals surface area contributed by atoms with Crippen molar-refractivity contribution in [3.05, 3.63) is 53.1 Å². The van der Waals surface area contributed by atoms with Gasteiger partial charge in [0.2, 0.25) is 0 Å². The van der Waals surface area contributed by atoms with Crippen LogP contribution >= 0.6 is 11.6 Å². The summed E-state index contributed by atoms with van der Waals surface area (Å²) in [4.78, 5) is 10.7. The van der Waals surface area contributed by atoms with Crippen LogP contribution in [0.3, 0.4) is 0 Å². The van der Waals surface area contributed by atoms with Crippen LogP contribution in [-0.2, 0) is 4.79 Å². The highest BCUT2D eigenvalue weighted by Crippen LogP contribution is 2.31. The van der Waals surface area contributed by atoms with Crippen LogP contribution in [0.5, 0.6) is 5.75 Å². The second kappa shape index (κ2) is 6.47. The van der Waals surface area contributed by atoms with E-state index < -0.39 is 18.4 Å². The first kappa shape index (κ1) is 17.1. The van der Waals surface area contributed by atoms with Crippen molar-refractivity contribution in [1.29, 1.82) is 0 Å². The molecule has 0 amide bonds. The zero-order valence-corrected chi connectivity index (χ0v) is 12.1. The molecule has 0 aromatic heterocycles. The van der Waals surface area contributed by atoms with Crippen molar-refractivity contribution < 1.29 is 32.9 Å². The summed E-state index contributed by atoms with van der Waals surface area (Å²) >= 11 is 5.94. The zero-order valence-electron chi connectivity index (χ0n) is 11.3. The van der Waals surface area contributed by atoms with Crippen LogP contribution in [0.4, 0.5) is 13.2 Å². The van der Waals surface area contributed by atoms with Crippen LogP contribution < -0.4 is 4.74 Å². The van der Waals surface area contributed by atoms with E-state index in [1.165, 1.54) is 30.3 Å². The summed E-state index contributed by atoms with van der Waals surface area (Å²) in [5.41, 5.74) is 1.13. The minimum absolute atomic E-state index is 0.0277. The summed E-state index contributed by atoms with van der Waals surface area (Å²) in [7, 11) is 0. The first-order valence-electron chi connectivity index (χ1n) is 6.24. The van der Waals surface area contributed by atoms with Gasteiger partial charge in [-0.2, -0.15) is 0 Å². The second-order valence-corrected chi connectivity index (χ2v) is 4.96. The van der Waals surface area contributed by atoms with Crippen molar-refractivity contribution in [3.63, 3.8) is 0 Å². The molecule has 0 aliphatic rings. The average molecular weight is 347 g/mol. The van der Waals surface area contributed by atoms with Crippen molar-refractivity contribution >= 4 is 17.6 Å². The molecule has 122 valence electrons. The number of hydrogen-bond acceptors (Lipinski definition) is 3. The van der Waals surface area contributed by atoms with E-state index in [1.807, 2.05) is 0 Å². The largest absolute Gasteiger partial charge is 0.573 e. The monoisotopic (exact) mass is 346 g/mol. The highest BCUT2D eigenvalue weighted by atomic mass is 35.5. The fourth-order valence-corrected chi connectivity index (χ4v) is 2.19. The van der Waals surface area contributed by atoms with Gasteiger partial charge in [0.05, 0.1) is 0 Å². The molecule has 0 fully saturated rings. The minimum Gasteiger partial charge on any atom is -0.479 e. The Labute approximate surface area is 133 Å². The van der Waals surface area contributed by atoms with E-state index in [-0.39, 0.29) is 16.3 Å². The number of aliphatic hydroxyl groups is 1. The van der Waals surface area contributed by atoms with E-state index in [9.17, 15) is 23.1 Å². The predicted octanol–water partition coefficient (Wildman–Crippen LogP) is 4.02. The molecule has 0 heterocycles. The SMILES string of the molecule is O=C(O)C(O)c1ccc(-c2ccc(OC(F)(F)F)cc2)cc1Cl. The maximum atomic E-state index is 12.1. The molecule has 1 atom stereocenters. The Kier molecular flexibility index (Phi) is 4.82. The number of aliphatic hydroxyl groups excluding tert-OH is 1. The molecule has 0 saturated heterocycles. The van der Waals surface area contributed by atoms with Crippen LogP contribution in [0, 0.1) is 0 Å². The maximum absolute atomic E-state index is 12.1. The van der Waals surface area contributed by atoms with E-state index >= 15 is 0 Å². The number of ether oxygens (including phenoxy) is 1. The maximum Gasteiger partial charge on any atom is 0.573 e. The first-order valence-corrected chi connectivity index (χ1v) is 6.61. The number of rotatable bonds is 4. The lowest BCUT2D eigenvalue weighted by Gasteiger charge is -2.11. The third kappa shape index (κ3) is 4.37.